The lowest BCUT2D eigenvalue weighted by Gasteiger charge is -2.58. The smallest absolute Gasteiger partial charge is 0.245 e. The molecule has 3 aromatic rings. The van der Waals surface area contributed by atoms with Gasteiger partial charge in [-0.3, -0.25) is 9.89 Å². The van der Waals surface area contributed by atoms with Gasteiger partial charge in [0, 0.05) is 47.9 Å². The van der Waals surface area contributed by atoms with Crippen molar-refractivity contribution in [3.63, 3.8) is 0 Å². The Morgan fingerprint density at radius 3 is 2.64 bits per heavy atom. The van der Waals surface area contributed by atoms with Crippen molar-refractivity contribution in [1.29, 1.82) is 0 Å². The molecule has 1 aliphatic carbocycles. The van der Waals surface area contributed by atoms with Gasteiger partial charge < -0.3 is 19.7 Å². The summed E-state index contributed by atoms with van der Waals surface area (Å²) in [5.41, 5.74) is 2.54. The van der Waals surface area contributed by atoms with Crippen LogP contribution >= 0.6 is 0 Å². The summed E-state index contributed by atoms with van der Waals surface area (Å²) in [7, 11) is 3.23. The van der Waals surface area contributed by atoms with Crippen LogP contribution in [0.4, 0.5) is 5.82 Å². The number of rotatable bonds is 5. The number of nitrogens with zero attached hydrogens (tertiary/aromatic N) is 3. The Morgan fingerprint density at radius 2 is 1.97 bits per heavy atom. The highest BCUT2D eigenvalue weighted by atomic mass is 16.5. The van der Waals surface area contributed by atoms with Gasteiger partial charge in [-0.1, -0.05) is 18.4 Å². The van der Waals surface area contributed by atoms with E-state index in [4.69, 9.17) is 9.47 Å². The van der Waals surface area contributed by atoms with Crippen molar-refractivity contribution in [1.82, 2.24) is 20.1 Å². The maximum Gasteiger partial charge on any atom is 0.245 e. The van der Waals surface area contributed by atoms with E-state index in [1.807, 2.05) is 29.2 Å². The first-order valence-corrected chi connectivity index (χ1v) is 10.8. The fourth-order valence-electron chi connectivity index (χ4n) is 4.77. The van der Waals surface area contributed by atoms with Gasteiger partial charge in [0.25, 0.3) is 0 Å². The monoisotopic (exact) mass is 443 g/mol. The quantitative estimate of drug-likeness (QED) is 0.465. The highest BCUT2D eigenvalue weighted by Gasteiger charge is 2.53. The summed E-state index contributed by atoms with van der Waals surface area (Å²) in [6, 6.07) is 7.75. The predicted octanol–water partition coefficient (Wildman–Crippen LogP) is 2.96. The third-order valence-electron chi connectivity index (χ3n) is 6.39. The number of carbonyl (C=O) groups excluding carboxylic acids is 1. The topological polar surface area (TPSA) is 92.4 Å². The van der Waals surface area contributed by atoms with E-state index >= 15 is 0 Å². The lowest BCUT2D eigenvalue weighted by molar-refractivity contribution is -0.144. The van der Waals surface area contributed by atoms with Crippen LogP contribution in [0.25, 0.3) is 11.0 Å². The van der Waals surface area contributed by atoms with Crippen molar-refractivity contribution in [2.45, 2.75) is 18.9 Å². The molecular formula is C25H25N5O3. The van der Waals surface area contributed by atoms with Gasteiger partial charge in [0.2, 0.25) is 5.91 Å². The summed E-state index contributed by atoms with van der Waals surface area (Å²) in [6.07, 6.45) is 5.12. The van der Waals surface area contributed by atoms with Gasteiger partial charge in [-0.2, -0.15) is 5.10 Å². The molecule has 0 radical (unpaired) electrons. The number of amides is 1. The van der Waals surface area contributed by atoms with Crippen molar-refractivity contribution >= 4 is 22.8 Å². The summed E-state index contributed by atoms with van der Waals surface area (Å²) in [5.74, 6) is 8.59. The first-order chi connectivity index (χ1) is 16.0. The molecule has 2 aromatic heterocycles. The van der Waals surface area contributed by atoms with Crippen LogP contribution in [-0.2, 0) is 4.79 Å². The molecule has 1 spiro atoms. The van der Waals surface area contributed by atoms with E-state index in [1.54, 1.807) is 20.4 Å². The summed E-state index contributed by atoms with van der Waals surface area (Å²) >= 11 is 0. The molecule has 1 saturated heterocycles. The van der Waals surface area contributed by atoms with Crippen LogP contribution in [0.3, 0.4) is 0 Å². The van der Waals surface area contributed by atoms with Gasteiger partial charge in [-0.15, -0.1) is 0 Å². The third kappa shape index (κ3) is 3.87. The molecule has 1 aromatic carbocycles. The van der Waals surface area contributed by atoms with Gasteiger partial charge in [0.05, 0.1) is 19.6 Å². The number of aromatic nitrogens is 3. The van der Waals surface area contributed by atoms with Crippen molar-refractivity contribution in [3.8, 4) is 23.3 Å². The minimum Gasteiger partial charge on any atom is -0.497 e. The number of hydrogen-bond donors (Lipinski definition) is 2. The molecule has 2 N–H and O–H groups in total. The lowest BCUT2D eigenvalue weighted by Crippen LogP contribution is -2.65. The highest BCUT2D eigenvalue weighted by Crippen LogP contribution is 2.49. The Labute approximate surface area is 192 Å². The fraction of sp³-hybridized carbons (Fsp3) is 0.320. The second-order valence-electron chi connectivity index (χ2n) is 8.65. The Balaban J connectivity index is 1.34. The first kappa shape index (κ1) is 20.9. The van der Waals surface area contributed by atoms with Gasteiger partial charge >= 0.3 is 0 Å². The number of anilines is 1. The molecule has 2 aliphatic rings. The summed E-state index contributed by atoms with van der Waals surface area (Å²) in [5, 5.41) is 11.9. The molecule has 3 heterocycles. The number of pyridine rings is 1. The van der Waals surface area contributed by atoms with Crippen molar-refractivity contribution in [2.24, 2.45) is 5.41 Å². The Hall–Kier alpha value is -3.99. The number of benzene rings is 1. The van der Waals surface area contributed by atoms with Crippen molar-refractivity contribution in [2.75, 3.05) is 32.6 Å². The number of methoxy groups -OCH3 is 2. The molecule has 8 nitrogen and oxygen atoms in total. The van der Waals surface area contributed by atoms with E-state index < -0.39 is 0 Å². The van der Waals surface area contributed by atoms with E-state index in [9.17, 15) is 4.79 Å². The van der Waals surface area contributed by atoms with E-state index in [2.05, 4.69) is 38.9 Å². The molecule has 1 saturated carbocycles. The average Bonchev–Trinajstić information content (AvgIpc) is 3.21. The zero-order chi connectivity index (χ0) is 23.0. The lowest BCUT2D eigenvalue weighted by atomic mass is 9.60. The number of hydrogen-bond acceptors (Lipinski definition) is 6. The molecule has 0 atom stereocenters. The van der Waals surface area contributed by atoms with Gasteiger partial charge in [-0.05, 0) is 37.1 Å². The number of likely N-dealkylation sites (tertiary alicyclic amines) is 1. The van der Waals surface area contributed by atoms with Crippen LogP contribution in [0.15, 0.2) is 43.1 Å². The van der Waals surface area contributed by atoms with Crippen molar-refractivity contribution in [3.05, 3.63) is 54.2 Å². The number of ether oxygens (including phenoxy) is 2. The molecule has 1 aliphatic heterocycles. The first-order valence-electron chi connectivity index (χ1n) is 10.8. The summed E-state index contributed by atoms with van der Waals surface area (Å²) < 4.78 is 10.7. The van der Waals surface area contributed by atoms with E-state index in [0.29, 0.717) is 23.2 Å². The van der Waals surface area contributed by atoms with Crippen LogP contribution in [0.5, 0.6) is 11.5 Å². The molecule has 5 rings (SSSR count). The summed E-state index contributed by atoms with van der Waals surface area (Å²) in [6.45, 7) is 5.17. The molecule has 8 heteroatoms. The van der Waals surface area contributed by atoms with Crippen LogP contribution in [0, 0.1) is 17.3 Å². The minimum absolute atomic E-state index is 0.0123. The third-order valence-corrected chi connectivity index (χ3v) is 6.39. The van der Waals surface area contributed by atoms with Crippen LogP contribution in [0.2, 0.25) is 0 Å². The van der Waals surface area contributed by atoms with Crippen LogP contribution < -0.4 is 14.8 Å². The largest absolute Gasteiger partial charge is 0.497 e. The maximum atomic E-state index is 11.7. The molecular weight excluding hydrogens is 418 g/mol. The van der Waals surface area contributed by atoms with E-state index in [0.717, 1.165) is 48.3 Å². The van der Waals surface area contributed by atoms with E-state index in [1.165, 1.54) is 6.08 Å². The Morgan fingerprint density at radius 1 is 1.24 bits per heavy atom. The number of carbonyl (C=O) groups is 1. The molecule has 168 valence electrons. The maximum absolute atomic E-state index is 11.7. The second-order valence-corrected chi connectivity index (χ2v) is 8.65. The number of fused-ring (bicyclic) bond motifs is 1. The van der Waals surface area contributed by atoms with Gasteiger partial charge in [0.15, 0.2) is 11.5 Å². The van der Waals surface area contributed by atoms with Crippen LogP contribution in [0.1, 0.15) is 24.0 Å². The molecule has 0 unspecified atom stereocenters. The number of nitrogens with one attached hydrogen (secondary N) is 2. The van der Waals surface area contributed by atoms with Crippen LogP contribution in [-0.4, -0.2) is 59.3 Å². The SMILES string of the molecule is C=CC(=O)N1CC2(CC(Nc3n[nH]c4nccc(C#Cc5cc(OC)cc(OC)c5)c34)C2)C1. The average molecular weight is 444 g/mol. The number of H-pyrrole nitrogens is 1. The molecule has 33 heavy (non-hydrogen) atoms. The Kier molecular flexibility index (Phi) is 5.17. The molecule has 2 fully saturated rings. The zero-order valence-electron chi connectivity index (χ0n) is 18.6. The normalized spacial score (nSPS) is 16.4. The number of aromatic amines is 1. The van der Waals surface area contributed by atoms with Gasteiger partial charge in [-0.25, -0.2) is 4.98 Å². The molecule has 0 bridgehead atoms. The summed E-state index contributed by atoms with van der Waals surface area (Å²) in [4.78, 5) is 18.0. The zero-order valence-corrected chi connectivity index (χ0v) is 18.6. The second kappa shape index (κ2) is 8.17. The highest BCUT2D eigenvalue weighted by molar-refractivity contribution is 5.92. The predicted molar refractivity (Wildman–Crippen MR) is 125 cm³/mol. The minimum atomic E-state index is 0.0123. The Bertz CT molecular complexity index is 1270. The standard InChI is InChI=1S/C25H25N5O3/c1-4-21(31)30-14-25(15-30)12-18(13-25)27-24-22-17(7-8-26-23(22)28-29-24)6-5-16-9-19(32-2)11-20(10-16)33-3/h4,7-11,18H,1,12-15H2,2-3H3,(H2,26,27,28,29). The molecule has 1 amide bonds. The van der Waals surface area contributed by atoms with Gasteiger partial charge in [0.1, 0.15) is 11.5 Å². The van der Waals surface area contributed by atoms with E-state index in [-0.39, 0.29) is 11.3 Å². The fourth-order valence-corrected chi connectivity index (χ4v) is 4.77. The van der Waals surface area contributed by atoms with Crippen molar-refractivity contribution < 1.29 is 14.3 Å².